The molecule has 0 fully saturated rings. The molecule has 6 nitrogen and oxygen atoms in total. The highest BCUT2D eigenvalue weighted by Crippen LogP contribution is 2.22. The van der Waals surface area contributed by atoms with E-state index >= 15 is 0 Å². The lowest BCUT2D eigenvalue weighted by Crippen LogP contribution is -2.23. The smallest absolute Gasteiger partial charge is 0.343 e. The molecule has 7 heteroatoms. The van der Waals surface area contributed by atoms with E-state index < -0.39 is 17.3 Å². The Bertz CT molecular complexity index is 1020. The van der Waals surface area contributed by atoms with Crippen LogP contribution in [-0.4, -0.2) is 21.8 Å². The van der Waals surface area contributed by atoms with Gasteiger partial charge in [-0.3, -0.25) is 4.79 Å². The molecule has 0 unspecified atom stereocenters. The molecule has 29 heavy (non-hydrogen) atoms. The predicted octanol–water partition coefficient (Wildman–Crippen LogP) is 4.75. The zero-order chi connectivity index (χ0) is 20.8. The van der Waals surface area contributed by atoms with Crippen molar-refractivity contribution < 1.29 is 14.7 Å². The Morgan fingerprint density at radius 2 is 1.38 bits per heavy atom. The Balaban J connectivity index is 2.11. The summed E-state index contributed by atoms with van der Waals surface area (Å²) in [7, 11) is 0. The normalized spacial score (nSPS) is 10.1. The highest BCUT2D eigenvalue weighted by molar-refractivity contribution is 6.36. The Labute approximate surface area is 172 Å². The number of aliphatic carboxylic acids is 1. The number of nitrogens with zero attached hydrogens (tertiary/aromatic N) is 1. The molecule has 3 N–H and O–H groups in total. The van der Waals surface area contributed by atoms with E-state index in [0.29, 0.717) is 17.1 Å². The third-order valence-electron chi connectivity index (χ3n) is 4.01. The molecular weight excluding hydrogens is 390 g/mol. The van der Waals surface area contributed by atoms with Gasteiger partial charge in [0.2, 0.25) is 5.78 Å². The van der Waals surface area contributed by atoms with Crippen molar-refractivity contribution in [2.24, 2.45) is 0 Å². The fraction of sp³-hybridized carbons (Fsp3) is 0.0455. The summed E-state index contributed by atoms with van der Waals surface area (Å²) in [4.78, 5) is 29.2. The molecule has 0 aliphatic carbocycles. The van der Waals surface area contributed by atoms with Gasteiger partial charge >= 0.3 is 5.97 Å². The van der Waals surface area contributed by atoms with Crippen LogP contribution in [0.3, 0.4) is 0 Å². The highest BCUT2D eigenvalue weighted by atomic mass is 35.5. The van der Waals surface area contributed by atoms with Gasteiger partial charge in [0.15, 0.2) is 0 Å². The number of carboxylic acid groups (broad SMARTS) is 1. The third kappa shape index (κ3) is 5.00. The SMILES string of the molecule is Cc1ccc(C(=O)C(C(=O)O)=C(Nc2ccccc2)Nc2ccccc2)c(Cl)n1. The standard InChI is InChI=1S/C22H18ClN3O3/c1-14-12-13-17(20(23)24-14)19(27)18(22(28)29)21(25-15-8-4-2-5-9-15)26-16-10-6-3-7-11-16/h2-13,25-26H,1H3,(H,28,29). The lowest BCUT2D eigenvalue weighted by molar-refractivity contribution is -0.132. The number of aryl methyl sites for hydroxylation is 1. The molecule has 0 aliphatic rings. The molecule has 0 spiro atoms. The summed E-state index contributed by atoms with van der Waals surface area (Å²) in [5.74, 6) is -2.12. The molecule has 1 aromatic heterocycles. The molecule has 0 saturated heterocycles. The third-order valence-corrected chi connectivity index (χ3v) is 4.30. The first-order valence-electron chi connectivity index (χ1n) is 8.75. The van der Waals surface area contributed by atoms with Crippen LogP contribution < -0.4 is 10.6 Å². The summed E-state index contributed by atoms with van der Waals surface area (Å²) in [6.45, 7) is 1.73. The number of halogens is 1. The average Bonchev–Trinajstić information content (AvgIpc) is 2.69. The number of ketones is 1. The zero-order valence-corrected chi connectivity index (χ0v) is 16.3. The molecule has 0 saturated carbocycles. The number of nitrogens with one attached hydrogen (secondary N) is 2. The molecule has 2 aromatic carbocycles. The number of pyridine rings is 1. The first-order chi connectivity index (χ1) is 14.0. The minimum absolute atomic E-state index is 0.0110. The van der Waals surface area contributed by atoms with Crippen molar-refractivity contribution in [1.29, 1.82) is 0 Å². The number of aromatic nitrogens is 1. The number of carboxylic acids is 1. The maximum atomic E-state index is 13.1. The van der Waals surface area contributed by atoms with Crippen LogP contribution in [0.4, 0.5) is 11.4 Å². The summed E-state index contributed by atoms with van der Waals surface area (Å²) >= 11 is 6.11. The predicted molar refractivity (Wildman–Crippen MR) is 113 cm³/mol. The topological polar surface area (TPSA) is 91.3 Å². The number of para-hydroxylation sites is 2. The molecule has 146 valence electrons. The van der Waals surface area contributed by atoms with Crippen molar-refractivity contribution in [2.75, 3.05) is 10.6 Å². The number of carbonyl (C=O) groups is 2. The van der Waals surface area contributed by atoms with Crippen molar-refractivity contribution >= 4 is 34.7 Å². The van der Waals surface area contributed by atoms with Gasteiger partial charge in [0.1, 0.15) is 16.5 Å². The van der Waals surface area contributed by atoms with E-state index in [4.69, 9.17) is 11.6 Å². The summed E-state index contributed by atoms with van der Waals surface area (Å²) in [5.41, 5.74) is 1.39. The van der Waals surface area contributed by atoms with Crippen molar-refractivity contribution in [1.82, 2.24) is 4.98 Å². The van der Waals surface area contributed by atoms with E-state index in [9.17, 15) is 14.7 Å². The zero-order valence-electron chi connectivity index (χ0n) is 15.5. The summed E-state index contributed by atoms with van der Waals surface area (Å²) < 4.78 is 0. The number of hydrogen-bond donors (Lipinski definition) is 3. The summed E-state index contributed by atoms with van der Waals surface area (Å²) in [6.07, 6.45) is 0. The molecule has 3 aromatic rings. The Kier molecular flexibility index (Phi) is 6.26. The van der Waals surface area contributed by atoms with Crippen LogP contribution >= 0.6 is 11.6 Å². The van der Waals surface area contributed by atoms with Crippen LogP contribution in [0.25, 0.3) is 0 Å². The van der Waals surface area contributed by atoms with Gasteiger partial charge in [-0.1, -0.05) is 48.0 Å². The fourth-order valence-electron chi connectivity index (χ4n) is 2.63. The lowest BCUT2D eigenvalue weighted by Gasteiger charge is -2.17. The average molecular weight is 408 g/mol. The van der Waals surface area contributed by atoms with Crippen molar-refractivity contribution in [3.8, 4) is 0 Å². The van der Waals surface area contributed by atoms with E-state index in [1.54, 1.807) is 61.5 Å². The van der Waals surface area contributed by atoms with Crippen molar-refractivity contribution in [3.05, 3.63) is 101 Å². The Morgan fingerprint density at radius 1 is 0.862 bits per heavy atom. The van der Waals surface area contributed by atoms with Gasteiger partial charge in [-0.25, -0.2) is 9.78 Å². The minimum atomic E-state index is -1.39. The van der Waals surface area contributed by atoms with Gasteiger partial charge < -0.3 is 15.7 Å². The van der Waals surface area contributed by atoms with Gasteiger partial charge in [0.25, 0.3) is 0 Å². The Hall–Kier alpha value is -3.64. The molecule has 0 atom stereocenters. The van der Waals surface area contributed by atoms with Crippen LogP contribution in [0.2, 0.25) is 5.15 Å². The molecule has 0 aliphatic heterocycles. The van der Waals surface area contributed by atoms with Crippen molar-refractivity contribution in [2.45, 2.75) is 6.92 Å². The van der Waals surface area contributed by atoms with Crippen LogP contribution in [0.1, 0.15) is 16.1 Å². The van der Waals surface area contributed by atoms with E-state index in [2.05, 4.69) is 15.6 Å². The number of carbonyl (C=O) groups excluding carboxylic acids is 1. The minimum Gasteiger partial charge on any atom is -0.477 e. The maximum Gasteiger partial charge on any atom is 0.343 e. The first-order valence-corrected chi connectivity index (χ1v) is 9.13. The quantitative estimate of drug-likeness (QED) is 0.172. The van der Waals surface area contributed by atoms with Crippen LogP contribution in [0.15, 0.2) is 84.2 Å². The number of Topliss-reactive ketones (excluding diaryl/α,β-unsaturated/α-hetero) is 1. The number of benzene rings is 2. The van der Waals surface area contributed by atoms with Gasteiger partial charge in [-0.2, -0.15) is 0 Å². The largest absolute Gasteiger partial charge is 0.477 e. The summed E-state index contributed by atoms with van der Waals surface area (Å²) in [6, 6.07) is 21.0. The second-order valence-electron chi connectivity index (χ2n) is 6.16. The van der Waals surface area contributed by atoms with Crippen LogP contribution in [0.5, 0.6) is 0 Å². The molecule has 1 heterocycles. The van der Waals surface area contributed by atoms with Gasteiger partial charge in [-0.15, -0.1) is 0 Å². The first kappa shape index (κ1) is 20.1. The number of hydrogen-bond acceptors (Lipinski definition) is 5. The maximum absolute atomic E-state index is 13.1. The fourth-order valence-corrected chi connectivity index (χ4v) is 2.92. The highest BCUT2D eigenvalue weighted by Gasteiger charge is 2.27. The summed E-state index contributed by atoms with van der Waals surface area (Å²) in [5, 5.41) is 15.8. The van der Waals surface area contributed by atoms with Crippen LogP contribution in [-0.2, 0) is 4.79 Å². The van der Waals surface area contributed by atoms with Gasteiger partial charge in [0, 0.05) is 17.1 Å². The number of anilines is 2. The molecule has 0 radical (unpaired) electrons. The Morgan fingerprint density at radius 3 is 1.83 bits per heavy atom. The molecule has 0 bridgehead atoms. The molecule has 3 rings (SSSR count). The number of rotatable bonds is 7. The molecule has 0 amide bonds. The van der Waals surface area contributed by atoms with Gasteiger partial charge in [0.05, 0.1) is 5.56 Å². The van der Waals surface area contributed by atoms with Crippen molar-refractivity contribution in [3.63, 3.8) is 0 Å². The monoisotopic (exact) mass is 407 g/mol. The van der Waals surface area contributed by atoms with E-state index in [1.807, 2.05) is 12.1 Å². The van der Waals surface area contributed by atoms with E-state index in [0.717, 1.165) is 0 Å². The second-order valence-corrected chi connectivity index (χ2v) is 6.52. The van der Waals surface area contributed by atoms with Crippen LogP contribution in [0, 0.1) is 6.92 Å². The van der Waals surface area contributed by atoms with E-state index in [1.165, 1.54) is 6.07 Å². The lowest BCUT2D eigenvalue weighted by atomic mass is 10.0. The second kappa shape index (κ2) is 9.03. The van der Waals surface area contributed by atoms with E-state index in [-0.39, 0.29) is 16.5 Å². The molecular formula is C22H18ClN3O3. The van der Waals surface area contributed by atoms with Gasteiger partial charge in [-0.05, 0) is 43.3 Å².